The van der Waals surface area contributed by atoms with Crippen LogP contribution in [0, 0.1) is 0 Å². The third-order valence-electron chi connectivity index (χ3n) is 0.531. The first kappa shape index (κ1) is 6.21. The molecule has 0 spiro atoms. The van der Waals surface area contributed by atoms with Crippen LogP contribution < -0.4 is 0 Å². The van der Waals surface area contributed by atoms with Gasteiger partial charge in [-0.15, -0.1) is 0 Å². The Kier molecular flexibility index (Phi) is 3.02. The molecule has 0 radical (unpaired) electrons. The van der Waals surface area contributed by atoms with Gasteiger partial charge in [-0.05, 0) is 13.0 Å². The van der Waals surface area contributed by atoms with Gasteiger partial charge >= 0.3 is 0 Å². The molecule has 0 unspecified atom stereocenters. The number of hydrogen-bond donors (Lipinski definition) is 0. The molecule has 0 aliphatic rings. The zero-order valence-corrected chi connectivity index (χ0v) is 4.64. The Hall–Kier alpha value is -0.790. The first-order valence-corrected chi connectivity index (χ1v) is 2.01. The van der Waals surface area contributed by atoms with Gasteiger partial charge in [-0.2, -0.15) is 0 Å². The van der Waals surface area contributed by atoms with Gasteiger partial charge in [-0.1, -0.05) is 11.7 Å². The average Bonchev–Trinajstić information content (AvgIpc) is 1.68. The Labute approximate surface area is 43.5 Å². The Morgan fingerprint density at radius 1 is 1.86 bits per heavy atom. The summed E-state index contributed by atoms with van der Waals surface area (Å²) in [4.78, 5) is 4.41. The summed E-state index contributed by atoms with van der Waals surface area (Å²) in [6.45, 7) is 5.28. The molecule has 0 atom stereocenters. The minimum absolute atomic E-state index is 0.794. The Morgan fingerprint density at radius 2 is 2.43 bits per heavy atom. The summed E-state index contributed by atoms with van der Waals surface area (Å²) in [5, 5.41) is 3.54. The van der Waals surface area contributed by atoms with E-state index in [-0.39, 0.29) is 0 Å². The molecule has 0 aromatic carbocycles. The molecule has 2 nitrogen and oxygen atoms in total. The second kappa shape index (κ2) is 3.40. The van der Waals surface area contributed by atoms with Crippen LogP contribution in [0.4, 0.5) is 0 Å². The van der Waals surface area contributed by atoms with Crippen molar-refractivity contribution in [1.29, 1.82) is 0 Å². The van der Waals surface area contributed by atoms with Gasteiger partial charge in [0.15, 0.2) is 0 Å². The van der Waals surface area contributed by atoms with Crippen molar-refractivity contribution in [1.82, 2.24) is 0 Å². The van der Waals surface area contributed by atoms with Crippen LogP contribution in [0.15, 0.2) is 17.8 Å². The lowest BCUT2D eigenvalue weighted by Gasteiger charge is -1.85. The molecule has 0 N–H and O–H groups in total. The molecule has 0 rings (SSSR count). The lowest BCUT2D eigenvalue weighted by molar-refractivity contribution is 0.213. The highest BCUT2D eigenvalue weighted by atomic mass is 16.6. The Bertz CT molecular complexity index is 86.1. The molecule has 0 saturated carbocycles. The molecule has 0 fully saturated rings. The molecule has 7 heavy (non-hydrogen) atoms. The van der Waals surface area contributed by atoms with Gasteiger partial charge in [0.05, 0.1) is 5.71 Å². The quantitative estimate of drug-likeness (QED) is 0.376. The van der Waals surface area contributed by atoms with Gasteiger partial charge in [0.25, 0.3) is 0 Å². The summed E-state index contributed by atoms with van der Waals surface area (Å²) >= 11 is 0. The van der Waals surface area contributed by atoms with Crippen molar-refractivity contribution in [3.8, 4) is 0 Å². The first-order valence-electron chi connectivity index (χ1n) is 2.01. The van der Waals surface area contributed by atoms with Crippen LogP contribution in [0.5, 0.6) is 0 Å². The van der Waals surface area contributed by atoms with E-state index >= 15 is 0 Å². The molecule has 0 bridgehead atoms. The Balaban J connectivity index is 3.49. The number of oxime groups is 1. The summed E-state index contributed by atoms with van der Waals surface area (Å²) in [5.41, 5.74) is 0.794. The smallest absolute Gasteiger partial charge is 0.106 e. The van der Waals surface area contributed by atoms with Crippen molar-refractivity contribution in [2.75, 3.05) is 7.11 Å². The molecule has 2 heteroatoms. The van der Waals surface area contributed by atoms with E-state index < -0.39 is 0 Å². The average molecular weight is 99.1 g/mol. The SMILES string of the molecule is C=C/C(C)=N\OC. The highest BCUT2D eigenvalue weighted by Crippen LogP contribution is 1.75. The predicted octanol–water partition coefficient (Wildman–Crippen LogP) is 1.19. The fourth-order valence-corrected chi connectivity index (χ4v) is 0.181. The zero-order chi connectivity index (χ0) is 5.70. The van der Waals surface area contributed by atoms with Crippen LogP contribution in [0.1, 0.15) is 6.92 Å². The number of rotatable bonds is 2. The molecule has 0 aliphatic heterocycles. The fraction of sp³-hybridized carbons (Fsp3) is 0.400. The lowest BCUT2D eigenvalue weighted by atomic mass is 10.4. The topological polar surface area (TPSA) is 21.6 Å². The number of hydrogen-bond acceptors (Lipinski definition) is 2. The van der Waals surface area contributed by atoms with Gasteiger partial charge < -0.3 is 4.84 Å². The molecule has 40 valence electrons. The highest BCUT2D eigenvalue weighted by Gasteiger charge is 1.74. The van der Waals surface area contributed by atoms with Crippen molar-refractivity contribution in [2.45, 2.75) is 6.92 Å². The molecular weight excluding hydrogens is 90.1 g/mol. The fourth-order valence-electron chi connectivity index (χ4n) is 0.181. The van der Waals surface area contributed by atoms with E-state index in [0.717, 1.165) is 5.71 Å². The van der Waals surface area contributed by atoms with Crippen LogP contribution in [0.3, 0.4) is 0 Å². The third kappa shape index (κ3) is 3.03. The van der Waals surface area contributed by atoms with Gasteiger partial charge in [-0.25, -0.2) is 0 Å². The van der Waals surface area contributed by atoms with E-state index in [9.17, 15) is 0 Å². The minimum atomic E-state index is 0.794. The maximum atomic E-state index is 4.41. The normalized spacial score (nSPS) is 10.9. The molecule has 0 heterocycles. The van der Waals surface area contributed by atoms with Crippen LogP contribution in [-0.4, -0.2) is 12.8 Å². The van der Waals surface area contributed by atoms with E-state index in [1.165, 1.54) is 7.11 Å². The molecule has 0 aromatic heterocycles. The van der Waals surface area contributed by atoms with Crippen molar-refractivity contribution < 1.29 is 4.84 Å². The number of nitrogens with zero attached hydrogens (tertiary/aromatic N) is 1. The van der Waals surface area contributed by atoms with E-state index in [1.807, 2.05) is 6.92 Å². The van der Waals surface area contributed by atoms with Gasteiger partial charge in [0.1, 0.15) is 7.11 Å². The largest absolute Gasteiger partial charge is 0.399 e. The van der Waals surface area contributed by atoms with Crippen molar-refractivity contribution >= 4 is 5.71 Å². The summed E-state index contributed by atoms with van der Waals surface area (Å²) in [5.74, 6) is 0. The summed E-state index contributed by atoms with van der Waals surface area (Å²) < 4.78 is 0. The van der Waals surface area contributed by atoms with Crippen molar-refractivity contribution in [2.24, 2.45) is 5.16 Å². The second-order valence-corrected chi connectivity index (χ2v) is 1.12. The highest BCUT2D eigenvalue weighted by molar-refractivity contribution is 5.91. The van der Waals surface area contributed by atoms with Gasteiger partial charge in [0.2, 0.25) is 0 Å². The van der Waals surface area contributed by atoms with Crippen molar-refractivity contribution in [3.63, 3.8) is 0 Å². The van der Waals surface area contributed by atoms with Gasteiger partial charge in [-0.3, -0.25) is 0 Å². The zero-order valence-electron chi connectivity index (χ0n) is 4.64. The second-order valence-electron chi connectivity index (χ2n) is 1.12. The maximum Gasteiger partial charge on any atom is 0.106 e. The van der Waals surface area contributed by atoms with E-state index in [0.29, 0.717) is 0 Å². The summed E-state index contributed by atoms with van der Waals surface area (Å²) in [7, 11) is 1.51. The Morgan fingerprint density at radius 3 is 2.57 bits per heavy atom. The number of allylic oxidation sites excluding steroid dienone is 1. The molecule has 0 aliphatic carbocycles. The summed E-state index contributed by atoms with van der Waals surface area (Å²) in [6.07, 6.45) is 1.63. The van der Waals surface area contributed by atoms with Crippen LogP contribution in [0.2, 0.25) is 0 Å². The van der Waals surface area contributed by atoms with Crippen LogP contribution in [0.25, 0.3) is 0 Å². The summed E-state index contributed by atoms with van der Waals surface area (Å²) in [6, 6.07) is 0. The minimum Gasteiger partial charge on any atom is -0.399 e. The molecular formula is C5H9NO. The maximum absolute atomic E-state index is 4.41. The van der Waals surface area contributed by atoms with Gasteiger partial charge in [0, 0.05) is 0 Å². The first-order chi connectivity index (χ1) is 3.31. The van der Waals surface area contributed by atoms with Crippen LogP contribution >= 0.6 is 0 Å². The standard InChI is InChI=1S/C5H9NO/c1-4-5(2)6-7-3/h4H,1H2,2-3H3/b6-5-. The van der Waals surface area contributed by atoms with E-state index in [2.05, 4.69) is 16.6 Å². The van der Waals surface area contributed by atoms with Crippen molar-refractivity contribution in [3.05, 3.63) is 12.7 Å². The third-order valence-corrected chi connectivity index (χ3v) is 0.531. The monoisotopic (exact) mass is 99.1 g/mol. The molecule has 0 saturated heterocycles. The van der Waals surface area contributed by atoms with Crippen LogP contribution in [-0.2, 0) is 4.84 Å². The lowest BCUT2D eigenvalue weighted by Crippen LogP contribution is -1.82. The van der Waals surface area contributed by atoms with E-state index in [1.54, 1.807) is 6.08 Å². The molecule has 0 aromatic rings. The molecule has 0 amide bonds. The van der Waals surface area contributed by atoms with E-state index in [4.69, 9.17) is 0 Å². The predicted molar refractivity (Wildman–Crippen MR) is 30.3 cm³/mol.